The van der Waals surface area contributed by atoms with Crippen LogP contribution in [0.15, 0.2) is 41.8 Å². The van der Waals surface area contributed by atoms with Gasteiger partial charge in [-0.3, -0.25) is 0 Å². The van der Waals surface area contributed by atoms with Gasteiger partial charge in [-0.15, -0.1) is 11.3 Å². The molecule has 1 aromatic heterocycles. The van der Waals surface area contributed by atoms with E-state index in [9.17, 15) is 8.42 Å². The fraction of sp³-hybridized carbons (Fsp3) is 0.214. The molecule has 104 valence electrons. The maximum Gasteiger partial charge on any atom is 0.216 e. The van der Waals surface area contributed by atoms with Gasteiger partial charge in [0, 0.05) is 4.88 Å². The summed E-state index contributed by atoms with van der Waals surface area (Å²) in [5, 5.41) is 10.9. The van der Waals surface area contributed by atoms with Crippen LogP contribution in [0.3, 0.4) is 0 Å². The molecule has 0 saturated carbocycles. The first-order chi connectivity index (χ1) is 9.52. The molecule has 20 heavy (non-hydrogen) atoms. The van der Waals surface area contributed by atoms with Crippen LogP contribution in [0.4, 0.5) is 0 Å². The Bertz CT molecular complexity index is 716. The minimum absolute atomic E-state index is 0.188. The van der Waals surface area contributed by atoms with Crippen molar-refractivity contribution in [2.24, 2.45) is 0 Å². The Kier molecular flexibility index (Phi) is 4.55. The van der Waals surface area contributed by atoms with Crippen LogP contribution in [0.2, 0.25) is 0 Å². The van der Waals surface area contributed by atoms with Crippen LogP contribution in [-0.2, 0) is 15.8 Å². The van der Waals surface area contributed by atoms with Gasteiger partial charge in [0.2, 0.25) is 10.0 Å². The van der Waals surface area contributed by atoms with Crippen molar-refractivity contribution in [3.8, 4) is 6.07 Å². The molecular weight excluding hydrogens is 292 g/mol. The molecule has 4 nitrogen and oxygen atoms in total. The molecule has 1 unspecified atom stereocenters. The molecular formula is C14H14N2O2S2. The van der Waals surface area contributed by atoms with Gasteiger partial charge in [0.05, 0.1) is 23.4 Å². The van der Waals surface area contributed by atoms with Gasteiger partial charge in [-0.05, 0) is 30.0 Å². The van der Waals surface area contributed by atoms with E-state index in [0.29, 0.717) is 11.1 Å². The molecule has 0 fully saturated rings. The monoisotopic (exact) mass is 306 g/mol. The zero-order chi connectivity index (χ0) is 14.6. The molecule has 0 spiro atoms. The Hall–Kier alpha value is -1.68. The van der Waals surface area contributed by atoms with Crippen LogP contribution in [0.5, 0.6) is 0 Å². The summed E-state index contributed by atoms with van der Waals surface area (Å²) in [5.74, 6) is -0.188. The number of nitrogens with one attached hydrogen (secondary N) is 1. The van der Waals surface area contributed by atoms with E-state index in [1.165, 1.54) is 11.3 Å². The first-order valence-electron chi connectivity index (χ1n) is 6.03. The molecule has 0 aliphatic carbocycles. The molecule has 0 radical (unpaired) electrons. The minimum Gasteiger partial charge on any atom is -0.212 e. The van der Waals surface area contributed by atoms with Gasteiger partial charge in [0.25, 0.3) is 0 Å². The molecule has 6 heteroatoms. The van der Waals surface area contributed by atoms with E-state index < -0.39 is 10.0 Å². The number of hydrogen-bond acceptors (Lipinski definition) is 4. The molecule has 0 saturated heterocycles. The molecule has 0 bridgehead atoms. The molecule has 1 N–H and O–H groups in total. The van der Waals surface area contributed by atoms with Gasteiger partial charge in [-0.25, -0.2) is 13.1 Å². The lowest BCUT2D eigenvalue weighted by Gasteiger charge is -2.13. The van der Waals surface area contributed by atoms with E-state index >= 15 is 0 Å². The lowest BCUT2D eigenvalue weighted by Crippen LogP contribution is -2.27. The van der Waals surface area contributed by atoms with Crippen LogP contribution in [0.1, 0.15) is 29.0 Å². The van der Waals surface area contributed by atoms with Gasteiger partial charge in [-0.2, -0.15) is 5.26 Å². The fourth-order valence-corrected chi connectivity index (χ4v) is 4.09. The van der Waals surface area contributed by atoms with Crippen LogP contribution >= 0.6 is 11.3 Å². The van der Waals surface area contributed by atoms with Crippen LogP contribution in [0, 0.1) is 11.3 Å². The molecule has 0 aliphatic rings. The maximum atomic E-state index is 12.2. The second-order valence-corrected chi connectivity index (χ2v) is 7.12. The zero-order valence-electron chi connectivity index (χ0n) is 10.9. The third-order valence-corrected chi connectivity index (χ3v) is 5.27. The van der Waals surface area contributed by atoms with Crippen LogP contribution in [-0.4, -0.2) is 8.42 Å². The van der Waals surface area contributed by atoms with Gasteiger partial charge in [-0.1, -0.05) is 24.3 Å². The topological polar surface area (TPSA) is 70.0 Å². The Morgan fingerprint density at radius 2 is 2.05 bits per heavy atom. The van der Waals surface area contributed by atoms with E-state index in [-0.39, 0.29) is 11.8 Å². The highest BCUT2D eigenvalue weighted by molar-refractivity contribution is 7.88. The van der Waals surface area contributed by atoms with Crippen molar-refractivity contribution in [2.75, 3.05) is 0 Å². The van der Waals surface area contributed by atoms with E-state index in [0.717, 1.165) is 4.88 Å². The number of nitrogens with zero attached hydrogens (tertiary/aromatic N) is 1. The summed E-state index contributed by atoms with van der Waals surface area (Å²) in [4.78, 5) is 0.960. The van der Waals surface area contributed by atoms with Crippen molar-refractivity contribution >= 4 is 21.4 Å². The summed E-state index contributed by atoms with van der Waals surface area (Å²) in [6.07, 6.45) is 0. The Morgan fingerprint density at radius 3 is 2.70 bits per heavy atom. The smallest absolute Gasteiger partial charge is 0.212 e. The molecule has 0 amide bonds. The summed E-state index contributed by atoms with van der Waals surface area (Å²) in [6, 6.07) is 12.2. The maximum absolute atomic E-state index is 12.2. The van der Waals surface area contributed by atoms with Crippen LogP contribution in [0.25, 0.3) is 0 Å². The normalized spacial score (nSPS) is 12.8. The highest BCUT2D eigenvalue weighted by Crippen LogP contribution is 2.20. The van der Waals surface area contributed by atoms with Gasteiger partial charge in [0.15, 0.2) is 0 Å². The van der Waals surface area contributed by atoms with Crippen molar-refractivity contribution in [3.63, 3.8) is 0 Å². The second kappa shape index (κ2) is 6.18. The molecule has 2 aromatic rings. The SMILES string of the molecule is CC(NS(=O)(=O)Cc1ccccc1C#N)c1cccs1. The molecule has 2 rings (SSSR count). The highest BCUT2D eigenvalue weighted by Gasteiger charge is 2.18. The van der Waals surface area contributed by atoms with Gasteiger partial charge >= 0.3 is 0 Å². The summed E-state index contributed by atoms with van der Waals surface area (Å²) < 4.78 is 26.9. The third-order valence-electron chi connectivity index (χ3n) is 2.81. The molecule has 1 aromatic carbocycles. The van der Waals surface area contributed by atoms with E-state index in [2.05, 4.69) is 4.72 Å². The van der Waals surface area contributed by atoms with Crippen molar-refractivity contribution in [1.82, 2.24) is 4.72 Å². The number of sulfonamides is 1. The van der Waals surface area contributed by atoms with E-state index in [1.807, 2.05) is 23.6 Å². The Balaban J connectivity index is 2.14. The van der Waals surface area contributed by atoms with Gasteiger partial charge in [0.1, 0.15) is 0 Å². The lowest BCUT2D eigenvalue weighted by atomic mass is 10.1. The predicted molar refractivity (Wildman–Crippen MR) is 79.7 cm³/mol. The predicted octanol–water partition coefficient (Wildman–Crippen LogP) is 2.80. The average Bonchev–Trinajstić information content (AvgIpc) is 2.92. The standard InChI is InChI=1S/C14H14N2O2S2/c1-11(14-7-4-8-19-14)16-20(17,18)10-13-6-3-2-5-12(13)9-15/h2-8,11,16H,10H2,1H3. The minimum atomic E-state index is -3.49. The lowest BCUT2D eigenvalue weighted by molar-refractivity contribution is 0.567. The highest BCUT2D eigenvalue weighted by atomic mass is 32.2. The molecule has 1 heterocycles. The summed E-state index contributed by atoms with van der Waals surface area (Å²) in [6.45, 7) is 1.81. The van der Waals surface area contributed by atoms with Gasteiger partial charge < -0.3 is 0 Å². The number of nitriles is 1. The number of hydrogen-bond donors (Lipinski definition) is 1. The third kappa shape index (κ3) is 3.67. The average molecular weight is 306 g/mol. The quantitative estimate of drug-likeness (QED) is 0.923. The van der Waals surface area contributed by atoms with E-state index in [4.69, 9.17) is 5.26 Å². The summed E-state index contributed by atoms with van der Waals surface area (Å²) >= 11 is 1.51. The summed E-state index contributed by atoms with van der Waals surface area (Å²) in [5.41, 5.74) is 0.905. The number of thiophene rings is 1. The fourth-order valence-electron chi connectivity index (χ4n) is 1.87. The van der Waals surface area contributed by atoms with Crippen LogP contribution < -0.4 is 4.72 Å². The first-order valence-corrected chi connectivity index (χ1v) is 8.56. The Labute approximate surface area is 122 Å². The molecule has 1 atom stereocenters. The second-order valence-electron chi connectivity index (χ2n) is 4.38. The first kappa shape index (κ1) is 14.7. The zero-order valence-corrected chi connectivity index (χ0v) is 12.5. The number of rotatable bonds is 5. The number of benzene rings is 1. The molecule has 0 aliphatic heterocycles. The Morgan fingerprint density at radius 1 is 1.30 bits per heavy atom. The van der Waals surface area contributed by atoms with Crippen molar-refractivity contribution in [3.05, 3.63) is 57.8 Å². The van der Waals surface area contributed by atoms with Crippen molar-refractivity contribution in [2.45, 2.75) is 18.7 Å². The van der Waals surface area contributed by atoms with Crippen molar-refractivity contribution < 1.29 is 8.42 Å². The van der Waals surface area contributed by atoms with E-state index in [1.54, 1.807) is 31.2 Å². The van der Waals surface area contributed by atoms with Crippen molar-refractivity contribution in [1.29, 1.82) is 5.26 Å². The summed E-state index contributed by atoms with van der Waals surface area (Å²) in [7, 11) is -3.49. The largest absolute Gasteiger partial charge is 0.216 e.